The molecule has 1 fully saturated rings. The van der Waals surface area contributed by atoms with Gasteiger partial charge >= 0.3 is 0 Å². The second-order valence-electron chi connectivity index (χ2n) is 7.12. The van der Waals surface area contributed by atoms with E-state index in [4.69, 9.17) is 16.3 Å². The number of carbonyl (C=O) groups is 1. The molecule has 0 radical (unpaired) electrons. The fourth-order valence-electron chi connectivity index (χ4n) is 3.28. The molecule has 0 amide bonds. The van der Waals surface area contributed by atoms with Crippen molar-refractivity contribution in [3.8, 4) is 0 Å². The van der Waals surface area contributed by atoms with Gasteiger partial charge in [-0.05, 0) is 67.4 Å². The summed E-state index contributed by atoms with van der Waals surface area (Å²) in [5, 5.41) is 0.458. The van der Waals surface area contributed by atoms with Crippen LogP contribution in [-0.4, -0.2) is 37.1 Å². The first-order chi connectivity index (χ1) is 15.0. The quantitative estimate of drug-likeness (QED) is 0.396. The number of hydrogen-bond donors (Lipinski definition) is 1. The van der Waals surface area contributed by atoms with Crippen molar-refractivity contribution in [1.29, 1.82) is 0 Å². The van der Waals surface area contributed by atoms with Crippen LogP contribution in [0.3, 0.4) is 0 Å². The molecule has 160 valence electrons. The molecule has 4 rings (SSSR count). The number of rotatable bonds is 6. The Morgan fingerprint density at radius 3 is 2.68 bits per heavy atom. The second-order valence-corrected chi connectivity index (χ2v) is 8.44. The number of aryl methyl sites for hydroxylation is 1. The molecule has 0 saturated carbocycles. The first kappa shape index (κ1) is 21.6. The van der Waals surface area contributed by atoms with Gasteiger partial charge in [-0.15, -0.1) is 0 Å². The van der Waals surface area contributed by atoms with Gasteiger partial charge in [-0.1, -0.05) is 11.6 Å². The maximum absolute atomic E-state index is 14.7. The number of anilines is 2. The van der Waals surface area contributed by atoms with Gasteiger partial charge in [0.2, 0.25) is 0 Å². The lowest BCUT2D eigenvalue weighted by Crippen LogP contribution is -2.36. The summed E-state index contributed by atoms with van der Waals surface area (Å²) in [5.41, 5.74) is 2.90. The van der Waals surface area contributed by atoms with Gasteiger partial charge in [0.1, 0.15) is 5.82 Å². The zero-order valence-corrected chi connectivity index (χ0v) is 18.5. The molecule has 1 N–H and O–H groups in total. The van der Waals surface area contributed by atoms with E-state index in [1.807, 2.05) is 17.9 Å². The van der Waals surface area contributed by atoms with Crippen molar-refractivity contribution in [2.75, 3.05) is 35.9 Å². The molecule has 1 aromatic heterocycles. The molecule has 0 unspecified atom stereocenters. The van der Waals surface area contributed by atoms with E-state index in [2.05, 4.69) is 9.71 Å². The number of halogens is 2. The molecule has 2 aromatic carbocycles. The first-order valence-electron chi connectivity index (χ1n) is 9.83. The largest absolute Gasteiger partial charge is 0.378 e. The van der Waals surface area contributed by atoms with Gasteiger partial charge in [-0.25, -0.2) is 4.39 Å². The lowest BCUT2D eigenvalue weighted by Gasteiger charge is -2.29. The smallest absolute Gasteiger partial charge is 0.196 e. The highest BCUT2D eigenvalue weighted by atomic mass is 35.5. The van der Waals surface area contributed by atoms with Crippen molar-refractivity contribution in [2.45, 2.75) is 11.8 Å². The lowest BCUT2D eigenvalue weighted by molar-refractivity contribution is 0.103. The Morgan fingerprint density at radius 2 is 1.97 bits per heavy atom. The van der Waals surface area contributed by atoms with Crippen molar-refractivity contribution in [3.05, 3.63) is 82.4 Å². The SMILES string of the molecule is Cc1ccc(C(=O)c2cc(Cl)ccc2NSc2ccc(N3CCOCC3)c(F)c2)cn1. The van der Waals surface area contributed by atoms with Crippen LogP contribution in [0.2, 0.25) is 5.02 Å². The first-order valence-corrected chi connectivity index (χ1v) is 11.0. The average molecular weight is 458 g/mol. The normalized spacial score (nSPS) is 13.8. The highest BCUT2D eigenvalue weighted by Gasteiger charge is 2.17. The molecule has 0 spiro atoms. The van der Waals surface area contributed by atoms with E-state index in [-0.39, 0.29) is 11.6 Å². The summed E-state index contributed by atoms with van der Waals surface area (Å²) in [4.78, 5) is 19.9. The number of pyridine rings is 1. The van der Waals surface area contributed by atoms with Gasteiger partial charge in [-0.2, -0.15) is 0 Å². The molecule has 0 aliphatic carbocycles. The number of benzene rings is 2. The predicted octanol–water partition coefficient (Wildman–Crippen LogP) is 5.37. The van der Waals surface area contributed by atoms with Crippen molar-refractivity contribution >= 4 is 40.7 Å². The molecule has 5 nitrogen and oxygen atoms in total. The van der Waals surface area contributed by atoms with Crippen molar-refractivity contribution in [3.63, 3.8) is 0 Å². The Balaban J connectivity index is 1.51. The number of nitrogens with zero attached hydrogens (tertiary/aromatic N) is 2. The Bertz CT molecular complexity index is 1090. The molecule has 3 aromatic rings. The number of carbonyl (C=O) groups excluding carboxylic acids is 1. The third-order valence-corrected chi connectivity index (χ3v) is 6.00. The fourth-order valence-corrected chi connectivity index (χ4v) is 4.15. The monoisotopic (exact) mass is 457 g/mol. The summed E-state index contributed by atoms with van der Waals surface area (Å²) in [6.45, 7) is 4.40. The van der Waals surface area contributed by atoms with E-state index in [9.17, 15) is 9.18 Å². The summed E-state index contributed by atoms with van der Waals surface area (Å²) in [6, 6.07) is 13.7. The van der Waals surface area contributed by atoms with Gasteiger partial charge in [0.15, 0.2) is 5.78 Å². The number of hydrogen-bond acceptors (Lipinski definition) is 6. The van der Waals surface area contributed by atoms with Crippen LogP contribution in [0.15, 0.2) is 59.6 Å². The third kappa shape index (κ3) is 5.18. The summed E-state index contributed by atoms with van der Waals surface area (Å²) >= 11 is 7.37. The zero-order chi connectivity index (χ0) is 21.8. The Labute approximate surface area is 189 Å². The molecule has 1 aliphatic rings. The number of morpholine rings is 1. The molecule has 8 heteroatoms. The van der Waals surface area contributed by atoms with Gasteiger partial charge in [0.05, 0.1) is 24.6 Å². The summed E-state index contributed by atoms with van der Waals surface area (Å²) < 4.78 is 23.2. The van der Waals surface area contributed by atoms with Crippen molar-refractivity contribution in [2.24, 2.45) is 0 Å². The van der Waals surface area contributed by atoms with E-state index < -0.39 is 0 Å². The third-order valence-electron chi connectivity index (χ3n) is 4.95. The van der Waals surface area contributed by atoms with Gasteiger partial charge in [-0.3, -0.25) is 9.78 Å². The molecule has 0 bridgehead atoms. The maximum Gasteiger partial charge on any atom is 0.196 e. The Hall–Kier alpha value is -2.61. The van der Waals surface area contributed by atoms with Crippen molar-refractivity contribution < 1.29 is 13.9 Å². The highest BCUT2D eigenvalue weighted by Crippen LogP contribution is 2.30. The Morgan fingerprint density at radius 1 is 1.16 bits per heavy atom. The molecule has 1 saturated heterocycles. The molecule has 1 aliphatic heterocycles. The minimum Gasteiger partial charge on any atom is -0.378 e. The van der Waals surface area contributed by atoms with Crippen LogP contribution in [0.1, 0.15) is 21.6 Å². The standard InChI is InChI=1S/C23H21ClFN3O2S/c1-15-2-3-16(14-26-15)23(29)19-12-17(24)4-6-21(19)27-31-18-5-7-22(20(25)13-18)28-8-10-30-11-9-28/h2-7,12-14,27H,8-11H2,1H3. The molecule has 2 heterocycles. The van der Waals surface area contributed by atoms with Crippen LogP contribution in [0.4, 0.5) is 15.8 Å². The van der Waals surface area contributed by atoms with Crippen LogP contribution in [0, 0.1) is 12.7 Å². The number of ketones is 1. The van der Waals surface area contributed by atoms with E-state index in [1.165, 1.54) is 18.0 Å². The topological polar surface area (TPSA) is 54.5 Å². The lowest BCUT2D eigenvalue weighted by atomic mass is 10.0. The second kappa shape index (κ2) is 9.68. The summed E-state index contributed by atoms with van der Waals surface area (Å²) in [6.07, 6.45) is 1.55. The number of aromatic nitrogens is 1. The summed E-state index contributed by atoms with van der Waals surface area (Å²) in [7, 11) is 0. The van der Waals surface area contributed by atoms with Crippen LogP contribution in [0.5, 0.6) is 0 Å². The van der Waals surface area contributed by atoms with E-state index >= 15 is 0 Å². The van der Waals surface area contributed by atoms with Crippen LogP contribution in [0.25, 0.3) is 0 Å². The van der Waals surface area contributed by atoms with Crippen LogP contribution < -0.4 is 9.62 Å². The molecule has 31 heavy (non-hydrogen) atoms. The number of nitrogens with one attached hydrogen (secondary N) is 1. The van der Waals surface area contributed by atoms with Gasteiger partial charge < -0.3 is 14.4 Å². The van der Waals surface area contributed by atoms with E-state index in [1.54, 1.807) is 42.6 Å². The highest BCUT2D eigenvalue weighted by molar-refractivity contribution is 8.00. The number of ether oxygens (including phenoxy) is 1. The van der Waals surface area contributed by atoms with Gasteiger partial charge in [0.25, 0.3) is 0 Å². The van der Waals surface area contributed by atoms with Crippen LogP contribution in [-0.2, 0) is 4.74 Å². The van der Waals surface area contributed by atoms with Gasteiger partial charge in [0, 0.05) is 46.0 Å². The molecule has 0 atom stereocenters. The van der Waals surface area contributed by atoms with E-state index in [0.29, 0.717) is 58.7 Å². The minimum absolute atomic E-state index is 0.188. The maximum atomic E-state index is 14.7. The van der Waals surface area contributed by atoms with Crippen molar-refractivity contribution in [1.82, 2.24) is 4.98 Å². The molecular weight excluding hydrogens is 437 g/mol. The zero-order valence-electron chi connectivity index (χ0n) is 16.9. The predicted molar refractivity (Wildman–Crippen MR) is 123 cm³/mol. The minimum atomic E-state index is -0.285. The molecular formula is C23H21ClFN3O2S. The summed E-state index contributed by atoms with van der Waals surface area (Å²) in [5.74, 6) is -0.473. The van der Waals surface area contributed by atoms with E-state index in [0.717, 1.165) is 5.69 Å². The average Bonchev–Trinajstić information content (AvgIpc) is 2.79. The fraction of sp³-hybridized carbons (Fsp3) is 0.217. The Kier molecular flexibility index (Phi) is 6.75. The van der Waals surface area contributed by atoms with Crippen LogP contribution >= 0.6 is 23.5 Å².